The molecule has 0 nitrogen and oxygen atoms in total. The van der Waals surface area contributed by atoms with Gasteiger partial charge in [-0.2, -0.15) is 0 Å². The highest BCUT2D eigenvalue weighted by molar-refractivity contribution is 7.72. The summed E-state index contributed by atoms with van der Waals surface area (Å²) in [7, 11) is 0.00297. The zero-order valence-corrected chi connectivity index (χ0v) is 20.8. The van der Waals surface area contributed by atoms with Gasteiger partial charge in [0.25, 0.3) is 0 Å². The van der Waals surface area contributed by atoms with E-state index in [2.05, 4.69) is 79.0 Å². The number of hydrogen-bond donors (Lipinski definition) is 0. The first-order valence-electron chi connectivity index (χ1n) is 10.3. The SMILES string of the molecule is CCc1scc(P(CC(C)C)CC(C)C)c1P(CC(C)C)CC(C)C. The molecule has 0 aromatic carbocycles. The highest BCUT2D eigenvalue weighted by atomic mass is 32.1. The Morgan fingerprint density at radius 1 is 0.720 bits per heavy atom. The zero-order chi connectivity index (χ0) is 19.1. The summed E-state index contributed by atoms with van der Waals surface area (Å²) in [5.74, 6) is 3.24. The van der Waals surface area contributed by atoms with Crippen LogP contribution in [0, 0.1) is 23.7 Å². The third-order valence-corrected chi connectivity index (χ3v) is 12.6. The fraction of sp³-hybridized carbons (Fsp3) is 0.818. The Balaban J connectivity index is 3.31. The van der Waals surface area contributed by atoms with E-state index >= 15 is 0 Å². The third kappa shape index (κ3) is 7.99. The smallest absolute Gasteiger partial charge is 0.0126 e. The van der Waals surface area contributed by atoms with Crippen LogP contribution in [0.2, 0.25) is 0 Å². The molecule has 0 atom stereocenters. The monoisotopic (exact) mass is 400 g/mol. The van der Waals surface area contributed by atoms with E-state index in [1.807, 2.05) is 10.6 Å². The molecular weight excluding hydrogens is 358 g/mol. The van der Waals surface area contributed by atoms with E-state index in [-0.39, 0.29) is 15.8 Å². The first-order valence-corrected chi connectivity index (χ1v) is 14.6. The molecule has 0 saturated heterocycles. The van der Waals surface area contributed by atoms with Crippen molar-refractivity contribution in [2.24, 2.45) is 23.7 Å². The van der Waals surface area contributed by atoms with E-state index in [0.29, 0.717) is 0 Å². The van der Waals surface area contributed by atoms with Gasteiger partial charge in [-0.3, -0.25) is 0 Å². The van der Waals surface area contributed by atoms with Crippen molar-refractivity contribution in [2.45, 2.75) is 68.7 Å². The lowest BCUT2D eigenvalue weighted by atomic mass is 10.3. The third-order valence-electron chi connectivity index (χ3n) is 4.14. The van der Waals surface area contributed by atoms with Gasteiger partial charge in [0.15, 0.2) is 0 Å². The number of thiophene rings is 1. The molecule has 1 aromatic heterocycles. The van der Waals surface area contributed by atoms with Gasteiger partial charge in [0.05, 0.1) is 0 Å². The Kier molecular flexibility index (Phi) is 10.8. The van der Waals surface area contributed by atoms with Gasteiger partial charge >= 0.3 is 0 Å². The summed E-state index contributed by atoms with van der Waals surface area (Å²) >= 11 is 2.07. The fourth-order valence-electron chi connectivity index (χ4n) is 3.49. The first-order chi connectivity index (χ1) is 11.6. The van der Waals surface area contributed by atoms with E-state index in [4.69, 9.17) is 0 Å². The Morgan fingerprint density at radius 3 is 1.48 bits per heavy atom. The summed E-state index contributed by atoms with van der Waals surface area (Å²) in [6.45, 7) is 21.7. The molecule has 0 bridgehead atoms. The van der Waals surface area contributed by atoms with Crippen molar-refractivity contribution >= 4 is 37.8 Å². The summed E-state index contributed by atoms with van der Waals surface area (Å²) in [6.07, 6.45) is 6.87. The van der Waals surface area contributed by atoms with Gasteiger partial charge in [0, 0.05) is 4.88 Å². The lowest BCUT2D eigenvalue weighted by Crippen LogP contribution is -2.27. The Hall–Kier alpha value is 0.560. The molecule has 0 spiro atoms. The lowest BCUT2D eigenvalue weighted by Gasteiger charge is -2.28. The maximum atomic E-state index is 2.58. The Morgan fingerprint density at radius 2 is 1.12 bits per heavy atom. The Bertz CT molecular complexity index is 468. The van der Waals surface area contributed by atoms with E-state index in [1.54, 1.807) is 4.88 Å². The normalized spacial score (nSPS) is 12.8. The summed E-state index contributed by atoms with van der Waals surface area (Å²) in [5, 5.41) is 6.25. The second-order valence-electron chi connectivity index (χ2n) is 9.13. The van der Waals surface area contributed by atoms with Crippen molar-refractivity contribution in [3.63, 3.8) is 0 Å². The molecule has 1 aromatic rings. The topological polar surface area (TPSA) is 0 Å². The molecule has 0 unspecified atom stereocenters. The molecule has 3 heteroatoms. The quantitative estimate of drug-likeness (QED) is 0.346. The van der Waals surface area contributed by atoms with E-state index in [1.165, 1.54) is 31.1 Å². The average Bonchev–Trinajstić information content (AvgIpc) is 2.87. The van der Waals surface area contributed by atoms with Crippen LogP contribution in [0.1, 0.15) is 67.2 Å². The highest BCUT2D eigenvalue weighted by Crippen LogP contribution is 2.46. The molecule has 1 heterocycles. The highest BCUT2D eigenvalue weighted by Gasteiger charge is 2.26. The molecule has 0 fully saturated rings. The minimum Gasteiger partial charge on any atom is -0.148 e. The van der Waals surface area contributed by atoms with Gasteiger partial charge < -0.3 is 0 Å². The predicted octanol–water partition coefficient (Wildman–Crippen LogP) is 7.15. The maximum absolute atomic E-state index is 2.58. The molecule has 0 aliphatic carbocycles. The second-order valence-corrected chi connectivity index (χ2v) is 14.6. The van der Waals surface area contributed by atoms with Gasteiger partial charge in [-0.05, 0) is 70.7 Å². The van der Waals surface area contributed by atoms with Crippen LogP contribution in [0.15, 0.2) is 5.38 Å². The molecule has 0 aliphatic heterocycles. The van der Waals surface area contributed by atoms with Crippen LogP contribution in [0.3, 0.4) is 0 Å². The van der Waals surface area contributed by atoms with Gasteiger partial charge in [-0.15, -0.1) is 11.3 Å². The average molecular weight is 401 g/mol. The van der Waals surface area contributed by atoms with Crippen molar-refractivity contribution in [1.29, 1.82) is 0 Å². The molecule has 0 radical (unpaired) electrons. The predicted molar refractivity (Wildman–Crippen MR) is 126 cm³/mol. The largest absolute Gasteiger partial charge is 0.148 e. The molecule has 1 rings (SSSR count). The van der Waals surface area contributed by atoms with Crippen molar-refractivity contribution < 1.29 is 0 Å². The zero-order valence-electron chi connectivity index (χ0n) is 18.2. The summed E-state index contributed by atoms with van der Waals surface area (Å²) in [6, 6.07) is 0. The van der Waals surface area contributed by atoms with Gasteiger partial charge in [-0.1, -0.05) is 78.2 Å². The number of aryl methyl sites for hydroxylation is 1. The van der Waals surface area contributed by atoms with Crippen LogP contribution >= 0.6 is 27.2 Å². The van der Waals surface area contributed by atoms with Crippen molar-refractivity contribution in [3.8, 4) is 0 Å². The lowest BCUT2D eigenvalue weighted by molar-refractivity contribution is 0.720. The minimum atomic E-state index is -0.000864. The number of hydrogen-bond acceptors (Lipinski definition) is 1. The molecule has 0 aliphatic rings. The molecular formula is C22H42P2S. The van der Waals surface area contributed by atoms with Crippen LogP contribution in [-0.2, 0) is 6.42 Å². The Labute approximate surface area is 165 Å². The maximum Gasteiger partial charge on any atom is 0.0126 e. The molecule has 25 heavy (non-hydrogen) atoms. The van der Waals surface area contributed by atoms with E-state index in [9.17, 15) is 0 Å². The first kappa shape index (κ1) is 23.6. The number of rotatable bonds is 11. The summed E-state index contributed by atoms with van der Waals surface area (Å²) in [4.78, 5) is 1.71. The van der Waals surface area contributed by atoms with Crippen molar-refractivity contribution in [1.82, 2.24) is 0 Å². The van der Waals surface area contributed by atoms with Crippen LogP contribution < -0.4 is 10.6 Å². The van der Waals surface area contributed by atoms with Gasteiger partial charge in [0.2, 0.25) is 0 Å². The van der Waals surface area contributed by atoms with Gasteiger partial charge in [-0.25, -0.2) is 0 Å². The summed E-state index contributed by atoms with van der Waals surface area (Å²) < 4.78 is 0. The van der Waals surface area contributed by atoms with Crippen molar-refractivity contribution in [3.05, 3.63) is 10.3 Å². The van der Waals surface area contributed by atoms with Crippen LogP contribution in [-0.4, -0.2) is 24.6 Å². The fourth-order valence-corrected chi connectivity index (χ4v) is 12.5. The van der Waals surface area contributed by atoms with Crippen molar-refractivity contribution in [2.75, 3.05) is 24.6 Å². The molecule has 0 saturated carbocycles. The molecule has 0 amide bonds. The molecule has 0 N–H and O–H groups in total. The minimum absolute atomic E-state index is 0.000864. The van der Waals surface area contributed by atoms with Crippen LogP contribution in [0.5, 0.6) is 0 Å². The van der Waals surface area contributed by atoms with E-state index < -0.39 is 0 Å². The van der Waals surface area contributed by atoms with E-state index in [0.717, 1.165) is 23.7 Å². The molecule has 146 valence electrons. The van der Waals surface area contributed by atoms with Crippen LogP contribution in [0.25, 0.3) is 0 Å². The van der Waals surface area contributed by atoms with Gasteiger partial charge in [0.1, 0.15) is 0 Å². The second kappa shape index (κ2) is 11.4. The summed E-state index contributed by atoms with van der Waals surface area (Å²) in [5.41, 5.74) is 0. The van der Waals surface area contributed by atoms with Crippen LogP contribution in [0.4, 0.5) is 0 Å². The standard InChI is InChI=1S/C22H42P2S/c1-10-21-22(24(13-18(6)7)14-19(8)9)20(15-25-21)23(11-16(2)3)12-17(4)5/h15-19H,10-14H2,1-9H3.